The molecular weight excluding hydrogens is 354 g/mol. The third kappa shape index (κ3) is 3.91. The molecule has 138 valence electrons. The summed E-state index contributed by atoms with van der Waals surface area (Å²) in [6.07, 6.45) is -0.533. The first-order valence-corrected chi connectivity index (χ1v) is 8.76. The number of carbonyl (C=O) groups excluding carboxylic acids is 1. The molecule has 6 nitrogen and oxygen atoms in total. The predicted molar refractivity (Wildman–Crippen MR) is 108 cm³/mol. The van der Waals surface area contributed by atoms with Gasteiger partial charge in [0.05, 0.1) is 10.9 Å². The molecule has 0 atom stereocenters. The maximum Gasteiger partial charge on any atom is 0.411 e. The number of aromatic nitrogens is 2. The van der Waals surface area contributed by atoms with E-state index in [0.717, 1.165) is 11.1 Å². The van der Waals surface area contributed by atoms with E-state index in [1.165, 1.54) is 0 Å². The molecule has 0 aliphatic carbocycles. The van der Waals surface area contributed by atoms with E-state index in [4.69, 9.17) is 4.74 Å². The molecule has 4 aromatic rings. The quantitative estimate of drug-likeness (QED) is 0.559. The number of H-pyrrole nitrogens is 1. The summed E-state index contributed by atoms with van der Waals surface area (Å²) in [6, 6.07) is 23.7. The minimum absolute atomic E-state index is 0.188. The summed E-state index contributed by atoms with van der Waals surface area (Å²) in [6.45, 7) is 0.201. The van der Waals surface area contributed by atoms with Crippen molar-refractivity contribution < 1.29 is 9.53 Å². The van der Waals surface area contributed by atoms with E-state index in [-0.39, 0.29) is 12.2 Å². The Morgan fingerprint density at radius 2 is 1.64 bits per heavy atom. The standard InChI is InChI=1S/C22H17N3O3/c26-21-18-8-4-5-9-19(18)24-20(25-21)16-10-12-17(13-11-16)23-22(27)28-14-15-6-2-1-3-7-15/h1-13H,14H2,(H,23,27)(H,24,25,26). The van der Waals surface area contributed by atoms with Crippen LogP contribution in [0.2, 0.25) is 0 Å². The van der Waals surface area contributed by atoms with Gasteiger partial charge in [0.15, 0.2) is 0 Å². The first-order valence-electron chi connectivity index (χ1n) is 8.76. The topological polar surface area (TPSA) is 84.1 Å². The van der Waals surface area contributed by atoms with Crippen molar-refractivity contribution in [2.45, 2.75) is 6.61 Å². The van der Waals surface area contributed by atoms with E-state index >= 15 is 0 Å². The Morgan fingerprint density at radius 1 is 0.929 bits per heavy atom. The van der Waals surface area contributed by atoms with Crippen molar-refractivity contribution in [3.8, 4) is 11.4 Å². The molecule has 1 amide bonds. The maximum atomic E-state index is 12.2. The van der Waals surface area contributed by atoms with Gasteiger partial charge in [-0.1, -0.05) is 42.5 Å². The number of hydrogen-bond donors (Lipinski definition) is 2. The summed E-state index contributed by atoms with van der Waals surface area (Å²) in [4.78, 5) is 31.4. The van der Waals surface area contributed by atoms with E-state index in [2.05, 4.69) is 15.3 Å². The second-order valence-corrected chi connectivity index (χ2v) is 6.20. The Balaban J connectivity index is 1.45. The highest BCUT2D eigenvalue weighted by Gasteiger charge is 2.07. The number of nitrogens with one attached hydrogen (secondary N) is 2. The highest BCUT2D eigenvalue weighted by Crippen LogP contribution is 2.19. The molecule has 0 spiro atoms. The van der Waals surface area contributed by atoms with Crippen molar-refractivity contribution in [2.75, 3.05) is 5.32 Å². The van der Waals surface area contributed by atoms with Gasteiger partial charge in [0.1, 0.15) is 12.4 Å². The van der Waals surface area contributed by atoms with Gasteiger partial charge >= 0.3 is 6.09 Å². The maximum absolute atomic E-state index is 12.2. The molecule has 0 saturated carbocycles. The van der Waals surface area contributed by atoms with Gasteiger partial charge in [-0.3, -0.25) is 10.1 Å². The molecule has 2 N–H and O–H groups in total. The lowest BCUT2D eigenvalue weighted by Crippen LogP contribution is -2.13. The van der Waals surface area contributed by atoms with Gasteiger partial charge < -0.3 is 9.72 Å². The minimum atomic E-state index is -0.533. The third-order valence-electron chi connectivity index (χ3n) is 4.23. The van der Waals surface area contributed by atoms with Crippen LogP contribution in [-0.4, -0.2) is 16.1 Å². The molecule has 1 aromatic heterocycles. The first-order chi connectivity index (χ1) is 13.7. The fourth-order valence-electron chi connectivity index (χ4n) is 2.81. The van der Waals surface area contributed by atoms with Crippen LogP contribution >= 0.6 is 0 Å². The molecule has 3 aromatic carbocycles. The van der Waals surface area contributed by atoms with Gasteiger partial charge in [0.2, 0.25) is 0 Å². The van der Waals surface area contributed by atoms with Crippen LogP contribution in [-0.2, 0) is 11.3 Å². The normalized spacial score (nSPS) is 10.6. The van der Waals surface area contributed by atoms with Crippen LogP contribution in [0.15, 0.2) is 83.7 Å². The van der Waals surface area contributed by atoms with Gasteiger partial charge in [-0.25, -0.2) is 9.78 Å². The van der Waals surface area contributed by atoms with Crippen molar-refractivity contribution in [1.82, 2.24) is 9.97 Å². The molecule has 0 aliphatic heterocycles. The van der Waals surface area contributed by atoms with Crippen LogP contribution in [0.1, 0.15) is 5.56 Å². The molecule has 1 heterocycles. The zero-order chi connectivity index (χ0) is 19.3. The average molecular weight is 371 g/mol. The Bertz CT molecular complexity index is 1170. The third-order valence-corrected chi connectivity index (χ3v) is 4.23. The lowest BCUT2D eigenvalue weighted by molar-refractivity contribution is 0.155. The van der Waals surface area contributed by atoms with Crippen LogP contribution in [0.4, 0.5) is 10.5 Å². The Hall–Kier alpha value is -3.93. The molecule has 6 heteroatoms. The number of fused-ring (bicyclic) bond motifs is 1. The summed E-state index contributed by atoms with van der Waals surface area (Å²) in [5.74, 6) is 0.474. The smallest absolute Gasteiger partial charge is 0.411 e. The van der Waals surface area contributed by atoms with Gasteiger partial charge in [0.25, 0.3) is 5.56 Å². The van der Waals surface area contributed by atoms with Gasteiger partial charge in [-0.15, -0.1) is 0 Å². The second-order valence-electron chi connectivity index (χ2n) is 6.20. The Kier molecular flexibility index (Phi) is 4.84. The van der Waals surface area contributed by atoms with E-state index in [1.54, 1.807) is 42.5 Å². The Morgan fingerprint density at radius 3 is 2.43 bits per heavy atom. The number of nitrogens with zero attached hydrogens (tertiary/aromatic N) is 1. The number of ether oxygens (including phenoxy) is 1. The van der Waals surface area contributed by atoms with Crippen LogP contribution < -0.4 is 10.9 Å². The summed E-state index contributed by atoms with van der Waals surface area (Å²) >= 11 is 0. The van der Waals surface area contributed by atoms with Crippen molar-refractivity contribution in [3.63, 3.8) is 0 Å². The van der Waals surface area contributed by atoms with E-state index in [9.17, 15) is 9.59 Å². The van der Waals surface area contributed by atoms with E-state index in [1.807, 2.05) is 36.4 Å². The molecule has 0 saturated heterocycles. The molecule has 0 aliphatic rings. The van der Waals surface area contributed by atoms with Gasteiger partial charge in [-0.05, 0) is 42.0 Å². The fourth-order valence-corrected chi connectivity index (χ4v) is 2.81. The summed E-state index contributed by atoms with van der Waals surface area (Å²) in [7, 11) is 0. The van der Waals surface area contributed by atoms with Crippen molar-refractivity contribution in [3.05, 3.63) is 94.8 Å². The SMILES string of the molecule is O=C(Nc1ccc(-c2nc3ccccc3c(=O)[nH]2)cc1)OCc1ccccc1. The summed E-state index contributed by atoms with van der Waals surface area (Å²) in [5.41, 5.74) is 2.69. The van der Waals surface area contributed by atoms with E-state index < -0.39 is 6.09 Å². The van der Waals surface area contributed by atoms with Crippen molar-refractivity contribution in [2.24, 2.45) is 0 Å². The number of para-hydroxylation sites is 1. The number of benzene rings is 3. The lowest BCUT2D eigenvalue weighted by atomic mass is 10.1. The minimum Gasteiger partial charge on any atom is -0.444 e. The monoisotopic (exact) mass is 371 g/mol. The molecule has 0 radical (unpaired) electrons. The average Bonchev–Trinajstić information content (AvgIpc) is 2.73. The number of aromatic amines is 1. The van der Waals surface area contributed by atoms with Crippen LogP contribution in [0.25, 0.3) is 22.3 Å². The van der Waals surface area contributed by atoms with Gasteiger partial charge in [-0.2, -0.15) is 0 Å². The first kappa shape index (κ1) is 17.5. The van der Waals surface area contributed by atoms with Crippen LogP contribution in [0, 0.1) is 0 Å². The zero-order valence-corrected chi connectivity index (χ0v) is 14.9. The second kappa shape index (κ2) is 7.75. The number of hydrogen-bond acceptors (Lipinski definition) is 4. The highest BCUT2D eigenvalue weighted by atomic mass is 16.5. The van der Waals surface area contributed by atoms with Crippen LogP contribution in [0.3, 0.4) is 0 Å². The van der Waals surface area contributed by atoms with Crippen molar-refractivity contribution in [1.29, 1.82) is 0 Å². The number of carbonyl (C=O) groups is 1. The molecule has 4 rings (SSSR count). The Labute approximate surface area is 160 Å². The summed E-state index contributed by atoms with van der Waals surface area (Å²) in [5, 5.41) is 3.23. The molecular formula is C22H17N3O3. The lowest BCUT2D eigenvalue weighted by Gasteiger charge is -2.08. The van der Waals surface area contributed by atoms with Crippen LogP contribution in [0.5, 0.6) is 0 Å². The number of amides is 1. The largest absolute Gasteiger partial charge is 0.444 e. The van der Waals surface area contributed by atoms with E-state index in [0.29, 0.717) is 22.4 Å². The van der Waals surface area contributed by atoms with Crippen molar-refractivity contribution >= 4 is 22.7 Å². The van der Waals surface area contributed by atoms with Gasteiger partial charge in [0, 0.05) is 11.3 Å². The summed E-state index contributed by atoms with van der Waals surface area (Å²) < 4.78 is 5.20. The fraction of sp³-hybridized carbons (Fsp3) is 0.0455. The molecule has 0 fully saturated rings. The molecule has 28 heavy (non-hydrogen) atoms. The highest BCUT2D eigenvalue weighted by molar-refractivity contribution is 5.85. The zero-order valence-electron chi connectivity index (χ0n) is 14.9. The molecule has 0 bridgehead atoms. The number of rotatable bonds is 4. The number of anilines is 1. The predicted octanol–water partition coefficient (Wildman–Crippen LogP) is 4.34. The molecule has 0 unspecified atom stereocenters.